The molecule has 0 saturated heterocycles. The van der Waals surface area contributed by atoms with Gasteiger partial charge in [-0.3, -0.25) is 4.79 Å². The predicted molar refractivity (Wildman–Crippen MR) is 87.1 cm³/mol. The molecule has 0 bridgehead atoms. The molecule has 6 heteroatoms. The van der Waals surface area contributed by atoms with Crippen LogP contribution < -0.4 is 0 Å². The van der Waals surface area contributed by atoms with Crippen molar-refractivity contribution in [3.8, 4) is 0 Å². The Morgan fingerprint density at radius 1 is 1.23 bits per heavy atom. The van der Waals surface area contributed by atoms with Gasteiger partial charge in [-0.05, 0) is 43.2 Å². The third-order valence-electron chi connectivity index (χ3n) is 3.29. The number of aromatic nitrogens is 1. The Morgan fingerprint density at radius 2 is 1.91 bits per heavy atom. The highest BCUT2D eigenvalue weighted by Gasteiger charge is 2.20. The van der Waals surface area contributed by atoms with Crippen LogP contribution in [0.25, 0.3) is 6.08 Å². The van der Waals surface area contributed by atoms with Crippen molar-refractivity contribution >= 4 is 41.0 Å². The average Bonchev–Trinajstić information content (AvgIpc) is 2.75. The third kappa shape index (κ3) is 3.08. The number of benzene rings is 1. The number of carboxylic acids is 1. The van der Waals surface area contributed by atoms with Gasteiger partial charge in [0.05, 0.1) is 10.0 Å². The van der Waals surface area contributed by atoms with Crippen LogP contribution in [0.1, 0.15) is 37.7 Å². The molecular formula is C16H13Cl2NO3. The first-order valence-electron chi connectivity index (χ1n) is 6.41. The van der Waals surface area contributed by atoms with Gasteiger partial charge in [0.25, 0.3) is 0 Å². The van der Waals surface area contributed by atoms with Gasteiger partial charge in [0.1, 0.15) is 5.69 Å². The van der Waals surface area contributed by atoms with Crippen molar-refractivity contribution < 1.29 is 14.7 Å². The lowest BCUT2D eigenvalue weighted by Crippen LogP contribution is -2.01. The topological polar surface area (TPSA) is 70.2 Å². The first kappa shape index (κ1) is 16.3. The molecule has 114 valence electrons. The standard InChI is InChI=1S/C16H13Cl2NO3/c1-8-13(9(2)19-15(8)16(21)22)12(20)7-6-10-4-3-5-11(17)14(10)18/h3-7,19H,1-2H3,(H,21,22)/b7-6+. The smallest absolute Gasteiger partial charge is 0.352 e. The van der Waals surface area contributed by atoms with Gasteiger partial charge in [-0.2, -0.15) is 0 Å². The van der Waals surface area contributed by atoms with E-state index < -0.39 is 5.97 Å². The highest BCUT2D eigenvalue weighted by atomic mass is 35.5. The second-order valence-electron chi connectivity index (χ2n) is 4.77. The van der Waals surface area contributed by atoms with Crippen LogP contribution in [0.3, 0.4) is 0 Å². The van der Waals surface area contributed by atoms with E-state index in [0.29, 0.717) is 32.4 Å². The number of hydrogen-bond donors (Lipinski definition) is 2. The Labute approximate surface area is 137 Å². The number of carbonyl (C=O) groups excluding carboxylic acids is 1. The van der Waals surface area contributed by atoms with E-state index in [4.69, 9.17) is 28.3 Å². The molecule has 0 unspecified atom stereocenters. The summed E-state index contributed by atoms with van der Waals surface area (Å²) in [6.07, 6.45) is 2.91. The number of aromatic carboxylic acids is 1. The van der Waals surface area contributed by atoms with Gasteiger partial charge in [-0.1, -0.05) is 35.3 Å². The summed E-state index contributed by atoms with van der Waals surface area (Å²) in [6.45, 7) is 3.26. The fourth-order valence-electron chi connectivity index (χ4n) is 2.23. The Morgan fingerprint density at radius 3 is 2.50 bits per heavy atom. The molecular weight excluding hydrogens is 325 g/mol. The fraction of sp³-hybridized carbons (Fsp3) is 0.125. The molecule has 0 spiro atoms. The molecule has 2 N–H and O–H groups in total. The Balaban J connectivity index is 2.36. The quantitative estimate of drug-likeness (QED) is 0.635. The van der Waals surface area contributed by atoms with Crippen molar-refractivity contribution in [3.63, 3.8) is 0 Å². The number of aryl methyl sites for hydroxylation is 1. The maximum absolute atomic E-state index is 12.3. The van der Waals surface area contributed by atoms with Gasteiger partial charge < -0.3 is 10.1 Å². The third-order valence-corrected chi connectivity index (χ3v) is 4.13. The zero-order valence-electron chi connectivity index (χ0n) is 11.9. The number of nitrogens with one attached hydrogen (secondary N) is 1. The van der Waals surface area contributed by atoms with Crippen LogP contribution in [-0.4, -0.2) is 21.8 Å². The van der Waals surface area contributed by atoms with Crippen LogP contribution in [0.5, 0.6) is 0 Å². The van der Waals surface area contributed by atoms with E-state index in [1.807, 2.05) is 0 Å². The first-order valence-corrected chi connectivity index (χ1v) is 7.17. The van der Waals surface area contributed by atoms with Crippen molar-refractivity contribution in [1.82, 2.24) is 4.98 Å². The fourth-order valence-corrected chi connectivity index (χ4v) is 2.60. The zero-order valence-corrected chi connectivity index (χ0v) is 13.4. The van der Waals surface area contributed by atoms with Crippen molar-refractivity contribution in [2.24, 2.45) is 0 Å². The first-order chi connectivity index (χ1) is 10.3. The van der Waals surface area contributed by atoms with Crippen molar-refractivity contribution in [1.29, 1.82) is 0 Å². The molecule has 0 amide bonds. The number of H-pyrrole nitrogens is 1. The van der Waals surface area contributed by atoms with E-state index in [0.717, 1.165) is 0 Å². The minimum atomic E-state index is -1.10. The summed E-state index contributed by atoms with van der Waals surface area (Å²) in [7, 11) is 0. The summed E-state index contributed by atoms with van der Waals surface area (Å²) in [5.74, 6) is -1.39. The van der Waals surface area contributed by atoms with E-state index >= 15 is 0 Å². The molecule has 1 heterocycles. The van der Waals surface area contributed by atoms with Gasteiger partial charge >= 0.3 is 5.97 Å². The summed E-state index contributed by atoms with van der Waals surface area (Å²) in [5.41, 5.74) is 1.92. The van der Waals surface area contributed by atoms with E-state index in [1.54, 1.807) is 38.1 Å². The van der Waals surface area contributed by atoms with Crippen LogP contribution in [0, 0.1) is 13.8 Å². The van der Waals surface area contributed by atoms with E-state index in [1.165, 1.54) is 6.08 Å². The molecule has 0 aliphatic rings. The van der Waals surface area contributed by atoms with Gasteiger partial charge in [-0.25, -0.2) is 4.79 Å². The number of halogens is 2. The van der Waals surface area contributed by atoms with Crippen molar-refractivity contribution in [3.05, 3.63) is 62.4 Å². The molecule has 0 aliphatic carbocycles. The molecule has 4 nitrogen and oxygen atoms in total. The molecule has 0 saturated carbocycles. The van der Waals surface area contributed by atoms with Crippen LogP contribution in [0.2, 0.25) is 10.0 Å². The van der Waals surface area contributed by atoms with E-state index in [-0.39, 0.29) is 11.5 Å². The number of aromatic amines is 1. The Kier molecular flexibility index (Phi) is 4.74. The summed E-state index contributed by atoms with van der Waals surface area (Å²) < 4.78 is 0. The van der Waals surface area contributed by atoms with E-state index in [2.05, 4.69) is 4.98 Å². The van der Waals surface area contributed by atoms with Crippen LogP contribution in [0.4, 0.5) is 0 Å². The predicted octanol–water partition coefficient (Wildman–Crippen LogP) is 4.53. The molecule has 0 aliphatic heterocycles. The molecule has 2 rings (SSSR count). The van der Waals surface area contributed by atoms with E-state index in [9.17, 15) is 9.59 Å². The lowest BCUT2D eigenvalue weighted by Gasteiger charge is -2.00. The minimum Gasteiger partial charge on any atom is -0.477 e. The molecule has 0 atom stereocenters. The summed E-state index contributed by atoms with van der Waals surface area (Å²) in [6, 6.07) is 5.12. The van der Waals surface area contributed by atoms with Crippen LogP contribution in [-0.2, 0) is 0 Å². The molecule has 1 aromatic carbocycles. The Hall–Kier alpha value is -2.04. The number of rotatable bonds is 4. The zero-order chi connectivity index (χ0) is 16.4. The second-order valence-corrected chi connectivity index (χ2v) is 5.56. The van der Waals surface area contributed by atoms with Crippen LogP contribution >= 0.6 is 23.2 Å². The van der Waals surface area contributed by atoms with Crippen molar-refractivity contribution in [2.45, 2.75) is 13.8 Å². The Bertz CT molecular complexity index is 791. The highest BCUT2D eigenvalue weighted by molar-refractivity contribution is 6.42. The maximum Gasteiger partial charge on any atom is 0.352 e. The molecule has 2 aromatic rings. The number of carboxylic acid groups (broad SMARTS) is 1. The minimum absolute atomic E-state index is 0.0232. The molecule has 0 radical (unpaired) electrons. The number of hydrogen-bond acceptors (Lipinski definition) is 2. The second kappa shape index (κ2) is 6.38. The average molecular weight is 338 g/mol. The largest absolute Gasteiger partial charge is 0.477 e. The van der Waals surface area contributed by atoms with Crippen LogP contribution in [0.15, 0.2) is 24.3 Å². The maximum atomic E-state index is 12.3. The summed E-state index contributed by atoms with van der Waals surface area (Å²) in [5, 5.41) is 9.83. The number of carbonyl (C=O) groups is 2. The van der Waals surface area contributed by atoms with Gasteiger partial charge in [0.2, 0.25) is 0 Å². The summed E-state index contributed by atoms with van der Waals surface area (Å²) in [4.78, 5) is 26.1. The monoisotopic (exact) mass is 337 g/mol. The van der Waals surface area contributed by atoms with Gasteiger partial charge in [0, 0.05) is 11.3 Å². The number of allylic oxidation sites excluding steroid dienone is 1. The molecule has 22 heavy (non-hydrogen) atoms. The number of ketones is 1. The highest BCUT2D eigenvalue weighted by Crippen LogP contribution is 2.27. The molecule has 0 fully saturated rings. The molecule has 1 aromatic heterocycles. The van der Waals surface area contributed by atoms with Gasteiger partial charge in [-0.15, -0.1) is 0 Å². The SMILES string of the molecule is Cc1[nH]c(C(=O)O)c(C)c1C(=O)/C=C/c1cccc(Cl)c1Cl. The van der Waals surface area contributed by atoms with Gasteiger partial charge in [0.15, 0.2) is 5.78 Å². The van der Waals surface area contributed by atoms with Crippen molar-refractivity contribution in [2.75, 3.05) is 0 Å². The normalized spacial score (nSPS) is 11.1. The summed E-state index contributed by atoms with van der Waals surface area (Å²) >= 11 is 12.0. The lowest BCUT2D eigenvalue weighted by atomic mass is 10.0. The lowest BCUT2D eigenvalue weighted by molar-refractivity contribution is 0.0690.